The van der Waals surface area contributed by atoms with E-state index in [4.69, 9.17) is 15.0 Å². The molecule has 0 spiro atoms. The number of rotatable bonds is 5. The molecule has 2 aromatic heterocycles. The van der Waals surface area contributed by atoms with E-state index in [2.05, 4.69) is 152 Å². The molecular weight excluding hydrogens is 631 g/mol. The minimum absolute atomic E-state index is 0.874. The first-order chi connectivity index (χ1) is 25.8. The summed E-state index contributed by atoms with van der Waals surface area (Å²) in [7, 11) is 0. The first-order valence-electron chi connectivity index (χ1n) is 17.6. The molecule has 0 atom stereocenters. The Morgan fingerprint density at radius 3 is 1.56 bits per heavy atom. The molecule has 0 fully saturated rings. The molecule has 10 rings (SSSR count). The van der Waals surface area contributed by atoms with Gasteiger partial charge in [-0.05, 0) is 67.7 Å². The summed E-state index contributed by atoms with van der Waals surface area (Å²) >= 11 is 0. The van der Waals surface area contributed by atoms with Crippen molar-refractivity contribution in [3.63, 3.8) is 0 Å². The molecule has 8 aromatic carbocycles. The molecule has 3 heteroatoms. The van der Waals surface area contributed by atoms with E-state index in [1.54, 1.807) is 0 Å². The average Bonchev–Trinajstić information content (AvgIpc) is 3.23. The van der Waals surface area contributed by atoms with Crippen LogP contribution in [0.1, 0.15) is 0 Å². The van der Waals surface area contributed by atoms with Crippen molar-refractivity contribution < 1.29 is 0 Å². The van der Waals surface area contributed by atoms with Crippen molar-refractivity contribution in [2.45, 2.75) is 0 Å². The van der Waals surface area contributed by atoms with Crippen LogP contribution in [0.4, 0.5) is 0 Å². The second kappa shape index (κ2) is 12.4. The van der Waals surface area contributed by atoms with E-state index < -0.39 is 0 Å². The van der Waals surface area contributed by atoms with Gasteiger partial charge in [-0.15, -0.1) is 0 Å². The molecule has 0 aliphatic rings. The molecule has 0 unspecified atom stereocenters. The van der Waals surface area contributed by atoms with Gasteiger partial charge in [0.25, 0.3) is 0 Å². The fourth-order valence-corrected chi connectivity index (χ4v) is 7.48. The highest BCUT2D eigenvalue weighted by Crippen LogP contribution is 2.40. The summed E-state index contributed by atoms with van der Waals surface area (Å²) in [5.41, 5.74) is 13.6. The third-order valence-corrected chi connectivity index (χ3v) is 10.1. The van der Waals surface area contributed by atoms with E-state index in [1.165, 1.54) is 32.8 Å². The van der Waals surface area contributed by atoms with Gasteiger partial charge in [-0.2, -0.15) is 0 Å². The highest BCUT2D eigenvalue weighted by Gasteiger charge is 2.18. The number of hydrogen-bond acceptors (Lipinski definition) is 3. The van der Waals surface area contributed by atoms with Gasteiger partial charge in [-0.25, -0.2) is 9.97 Å². The second-order valence-corrected chi connectivity index (χ2v) is 13.2. The molecule has 52 heavy (non-hydrogen) atoms. The fourth-order valence-electron chi connectivity index (χ4n) is 7.48. The van der Waals surface area contributed by atoms with Gasteiger partial charge >= 0.3 is 0 Å². The summed E-state index contributed by atoms with van der Waals surface area (Å²) < 4.78 is 0. The molecule has 0 aliphatic carbocycles. The molecule has 10 aromatic rings. The van der Waals surface area contributed by atoms with Crippen LogP contribution in [0.5, 0.6) is 0 Å². The molecule has 3 nitrogen and oxygen atoms in total. The maximum absolute atomic E-state index is 5.27. The van der Waals surface area contributed by atoms with Crippen LogP contribution in [0.15, 0.2) is 188 Å². The highest BCUT2D eigenvalue weighted by atomic mass is 14.8. The number of benzene rings is 8. The van der Waals surface area contributed by atoms with Crippen LogP contribution in [0.2, 0.25) is 0 Å². The van der Waals surface area contributed by atoms with Gasteiger partial charge < -0.3 is 0 Å². The third kappa shape index (κ3) is 5.19. The van der Waals surface area contributed by atoms with Crippen LogP contribution < -0.4 is 0 Å². The summed E-state index contributed by atoms with van der Waals surface area (Å²) in [6.07, 6.45) is 1.97. The molecule has 0 amide bonds. The van der Waals surface area contributed by atoms with Crippen LogP contribution in [0.3, 0.4) is 0 Å². The van der Waals surface area contributed by atoms with Crippen molar-refractivity contribution in [1.82, 2.24) is 15.0 Å². The Hall–Kier alpha value is -6.97. The largest absolute Gasteiger partial charge is 0.256 e. The molecule has 0 saturated carbocycles. The Morgan fingerprint density at radius 1 is 0.288 bits per heavy atom. The van der Waals surface area contributed by atoms with Gasteiger partial charge in [-0.1, -0.05) is 164 Å². The predicted octanol–water partition coefficient (Wildman–Crippen LogP) is 12.8. The molecule has 0 radical (unpaired) electrons. The molecule has 0 aliphatic heterocycles. The highest BCUT2D eigenvalue weighted by molar-refractivity contribution is 6.08. The zero-order valence-corrected chi connectivity index (χ0v) is 28.2. The lowest BCUT2D eigenvalue weighted by Crippen LogP contribution is -1.97. The maximum atomic E-state index is 5.27. The van der Waals surface area contributed by atoms with E-state index in [0.29, 0.717) is 0 Å². The van der Waals surface area contributed by atoms with Crippen LogP contribution in [-0.2, 0) is 0 Å². The fraction of sp³-hybridized carbons (Fsp3) is 0. The summed E-state index contributed by atoms with van der Waals surface area (Å²) in [6, 6.07) is 64.3. The zero-order chi connectivity index (χ0) is 34.4. The Bertz CT molecular complexity index is 2930. The molecule has 0 bridgehead atoms. The number of fused-ring (bicyclic) bond motifs is 5. The van der Waals surface area contributed by atoms with Crippen molar-refractivity contribution in [3.8, 4) is 55.9 Å². The van der Waals surface area contributed by atoms with Gasteiger partial charge in [0.15, 0.2) is 0 Å². The van der Waals surface area contributed by atoms with E-state index in [0.717, 1.165) is 66.5 Å². The maximum Gasteiger partial charge on any atom is 0.0979 e. The van der Waals surface area contributed by atoms with E-state index >= 15 is 0 Å². The first-order valence-corrected chi connectivity index (χ1v) is 17.6. The minimum Gasteiger partial charge on any atom is -0.256 e. The van der Waals surface area contributed by atoms with Crippen molar-refractivity contribution in [2.75, 3.05) is 0 Å². The number of pyridine rings is 1. The monoisotopic (exact) mass is 661 g/mol. The van der Waals surface area contributed by atoms with Crippen molar-refractivity contribution in [1.29, 1.82) is 0 Å². The smallest absolute Gasteiger partial charge is 0.0979 e. The second-order valence-electron chi connectivity index (χ2n) is 13.2. The van der Waals surface area contributed by atoms with Crippen LogP contribution in [0.25, 0.3) is 99.4 Å². The summed E-state index contributed by atoms with van der Waals surface area (Å²) in [5, 5.41) is 5.88. The Labute approximate surface area is 301 Å². The normalized spacial score (nSPS) is 11.5. The lowest BCUT2D eigenvalue weighted by atomic mass is 9.91. The number of nitrogens with zero attached hydrogens (tertiary/aromatic N) is 3. The van der Waals surface area contributed by atoms with Crippen LogP contribution in [-0.4, -0.2) is 15.0 Å². The van der Waals surface area contributed by atoms with Crippen molar-refractivity contribution in [2.24, 2.45) is 0 Å². The minimum atomic E-state index is 0.874. The van der Waals surface area contributed by atoms with Crippen molar-refractivity contribution >= 4 is 43.5 Å². The predicted molar refractivity (Wildman–Crippen MR) is 217 cm³/mol. The lowest BCUT2D eigenvalue weighted by Gasteiger charge is -2.15. The van der Waals surface area contributed by atoms with Crippen LogP contribution in [0, 0.1) is 0 Å². The van der Waals surface area contributed by atoms with Gasteiger partial charge in [-0.3, -0.25) is 4.98 Å². The number of hydrogen-bond donors (Lipinski definition) is 0. The van der Waals surface area contributed by atoms with Gasteiger partial charge in [0.1, 0.15) is 0 Å². The van der Waals surface area contributed by atoms with E-state index in [1.807, 2.05) is 36.5 Å². The van der Waals surface area contributed by atoms with Gasteiger partial charge in [0.2, 0.25) is 0 Å². The molecular formula is C49H31N3. The summed E-state index contributed by atoms with van der Waals surface area (Å²) in [4.78, 5) is 15.3. The molecule has 242 valence electrons. The Morgan fingerprint density at radius 2 is 0.808 bits per heavy atom. The summed E-state index contributed by atoms with van der Waals surface area (Å²) in [6.45, 7) is 0. The van der Waals surface area contributed by atoms with E-state index in [-0.39, 0.29) is 0 Å². The Balaban J connectivity index is 1.05. The summed E-state index contributed by atoms with van der Waals surface area (Å²) in [5.74, 6) is 0. The molecule has 0 N–H and O–H groups in total. The SMILES string of the molecule is c1ccc(-c2ccc(-c3nc4ccccc4nc3-c3ccc(-c4ccc(-c5ccc6c(c5)ncc5ccccc56)cc4)c4ccccc34)cc2)cc1. The van der Waals surface area contributed by atoms with Gasteiger partial charge in [0.05, 0.1) is 27.9 Å². The standard InChI is InChI=1S/C49H31N3/c1-2-10-32(11-3-1)33-20-24-36(25-21-33)48-49(52-46-17-9-8-16-45(46)51-48)44-29-28-40(41-14-6-7-15-42(41)44)35-22-18-34(19-23-35)37-26-27-43-39-13-5-4-12-38(39)31-50-47(43)30-37/h1-31H. The topological polar surface area (TPSA) is 38.7 Å². The lowest BCUT2D eigenvalue weighted by molar-refractivity contribution is 1.30. The third-order valence-electron chi connectivity index (χ3n) is 10.1. The first kappa shape index (κ1) is 29.9. The quantitative estimate of drug-likeness (QED) is 0.172. The average molecular weight is 662 g/mol. The van der Waals surface area contributed by atoms with Gasteiger partial charge in [0, 0.05) is 28.1 Å². The van der Waals surface area contributed by atoms with Crippen molar-refractivity contribution in [3.05, 3.63) is 188 Å². The Kier molecular flexibility index (Phi) is 7.14. The van der Waals surface area contributed by atoms with Crippen LogP contribution >= 0.6 is 0 Å². The number of para-hydroxylation sites is 2. The molecule has 0 saturated heterocycles. The number of aromatic nitrogens is 3. The molecule has 2 heterocycles. The zero-order valence-electron chi connectivity index (χ0n) is 28.2. The van der Waals surface area contributed by atoms with E-state index in [9.17, 15) is 0 Å².